The Morgan fingerprint density at radius 1 is 1.12 bits per heavy atom. The molecule has 0 atom stereocenters. The van der Waals surface area contributed by atoms with Crippen LogP contribution in [0.5, 0.6) is 0 Å². The Morgan fingerprint density at radius 2 is 1.73 bits per heavy atom. The van der Waals surface area contributed by atoms with Crippen LogP contribution in [0, 0.1) is 0 Å². The van der Waals surface area contributed by atoms with E-state index in [-0.39, 0.29) is 30.0 Å². The van der Waals surface area contributed by atoms with Gasteiger partial charge >= 0.3 is 5.97 Å². The summed E-state index contributed by atoms with van der Waals surface area (Å²) in [5.74, 6) is -2.07. The van der Waals surface area contributed by atoms with E-state index >= 15 is 0 Å². The number of aromatic nitrogens is 1. The van der Waals surface area contributed by atoms with Crippen LogP contribution in [0.25, 0.3) is 0 Å². The van der Waals surface area contributed by atoms with Crippen LogP contribution in [0.1, 0.15) is 26.3 Å². The summed E-state index contributed by atoms with van der Waals surface area (Å²) in [4.78, 5) is 29.5. The number of carbonyl (C=O) groups excluding carboxylic acids is 1. The molecule has 2 N–H and O–H groups in total. The number of sulfonamides is 1. The summed E-state index contributed by atoms with van der Waals surface area (Å²) in [6.45, 7) is 0.0484. The fourth-order valence-electron chi connectivity index (χ4n) is 2.32. The lowest BCUT2D eigenvalue weighted by Gasteiger charge is -2.23. The van der Waals surface area contributed by atoms with Crippen molar-refractivity contribution in [2.75, 3.05) is 19.3 Å². The summed E-state index contributed by atoms with van der Waals surface area (Å²) >= 11 is 0. The Morgan fingerprint density at radius 3 is 2.31 bits per heavy atom. The van der Waals surface area contributed by atoms with E-state index in [2.05, 4.69) is 9.71 Å². The van der Waals surface area contributed by atoms with Crippen LogP contribution in [0.15, 0.2) is 48.8 Å². The highest BCUT2D eigenvalue weighted by molar-refractivity contribution is 7.89. The summed E-state index contributed by atoms with van der Waals surface area (Å²) in [7, 11) is -2.23. The Balaban J connectivity index is 2.33. The van der Waals surface area contributed by atoms with Gasteiger partial charge in [-0.25, -0.2) is 17.9 Å². The predicted octanol–water partition coefficient (Wildman–Crippen LogP) is 0.971. The van der Waals surface area contributed by atoms with Crippen molar-refractivity contribution in [3.05, 3.63) is 65.5 Å². The number of carboxylic acids is 1. The molecule has 2 rings (SSSR count). The van der Waals surface area contributed by atoms with E-state index in [1.54, 1.807) is 30.6 Å². The number of hydrogen-bond acceptors (Lipinski definition) is 5. The van der Waals surface area contributed by atoms with E-state index in [9.17, 15) is 23.1 Å². The van der Waals surface area contributed by atoms with Crippen molar-refractivity contribution in [1.29, 1.82) is 0 Å². The van der Waals surface area contributed by atoms with E-state index in [0.717, 1.165) is 5.56 Å². The van der Waals surface area contributed by atoms with Crippen LogP contribution in [-0.2, 0) is 16.6 Å². The van der Waals surface area contributed by atoms with Crippen molar-refractivity contribution in [1.82, 2.24) is 14.6 Å². The monoisotopic (exact) mass is 377 g/mol. The second kappa shape index (κ2) is 8.54. The van der Waals surface area contributed by atoms with Gasteiger partial charge in [0, 0.05) is 25.5 Å². The minimum Gasteiger partial charge on any atom is -0.478 e. The first-order chi connectivity index (χ1) is 12.3. The molecule has 138 valence electrons. The van der Waals surface area contributed by atoms with Crippen molar-refractivity contribution in [2.24, 2.45) is 0 Å². The highest BCUT2D eigenvalue weighted by Crippen LogP contribution is 2.14. The summed E-state index contributed by atoms with van der Waals surface area (Å²) in [5, 5.41) is 9.30. The van der Waals surface area contributed by atoms with Crippen molar-refractivity contribution < 1.29 is 23.1 Å². The molecule has 8 nitrogen and oxygen atoms in total. The lowest BCUT2D eigenvalue weighted by molar-refractivity contribution is 0.0674. The maximum absolute atomic E-state index is 12.9. The molecule has 0 unspecified atom stereocenters. The fraction of sp³-hybridized carbons (Fsp3) is 0.235. The average Bonchev–Trinajstić information content (AvgIpc) is 2.65. The maximum atomic E-state index is 12.9. The maximum Gasteiger partial charge on any atom is 0.336 e. The molecule has 0 saturated carbocycles. The fourth-order valence-corrected chi connectivity index (χ4v) is 2.98. The molecule has 0 aliphatic rings. The molecule has 0 spiro atoms. The largest absolute Gasteiger partial charge is 0.478 e. The first-order valence-corrected chi connectivity index (χ1v) is 9.41. The molecule has 0 saturated heterocycles. The molecule has 9 heteroatoms. The quantitative estimate of drug-likeness (QED) is 0.708. The zero-order valence-corrected chi connectivity index (χ0v) is 14.9. The second-order valence-electron chi connectivity index (χ2n) is 5.46. The van der Waals surface area contributed by atoms with Crippen LogP contribution in [0.3, 0.4) is 0 Å². The normalized spacial score (nSPS) is 11.1. The first kappa shape index (κ1) is 19.5. The first-order valence-electron chi connectivity index (χ1n) is 7.76. The zero-order chi connectivity index (χ0) is 19.2. The summed E-state index contributed by atoms with van der Waals surface area (Å²) in [6, 6.07) is 9.25. The van der Waals surface area contributed by atoms with Gasteiger partial charge in [-0.1, -0.05) is 12.1 Å². The Bertz CT molecular complexity index is 884. The third-order valence-electron chi connectivity index (χ3n) is 3.74. The number of nitrogens with zero attached hydrogens (tertiary/aromatic N) is 2. The lowest BCUT2D eigenvalue weighted by Crippen LogP contribution is -2.37. The molecule has 2 aromatic rings. The smallest absolute Gasteiger partial charge is 0.336 e. The number of hydrogen-bond donors (Lipinski definition) is 2. The standard InChI is InChI=1S/C17H19N3O5S/c1-18-26(24,25)11-10-20(12-13-6-8-19-9-7-13)16(21)14-4-2-3-5-15(14)17(22)23/h2-9,18H,10-12H2,1H3,(H,22,23). The number of nitrogens with one attached hydrogen (secondary N) is 1. The number of benzene rings is 1. The molecule has 1 amide bonds. The van der Waals surface area contributed by atoms with Crippen molar-refractivity contribution in [3.63, 3.8) is 0 Å². The van der Waals surface area contributed by atoms with Gasteiger partial charge in [-0.2, -0.15) is 0 Å². The van der Waals surface area contributed by atoms with Crippen LogP contribution in [0.2, 0.25) is 0 Å². The van der Waals surface area contributed by atoms with Crippen molar-refractivity contribution in [2.45, 2.75) is 6.54 Å². The summed E-state index contributed by atoms with van der Waals surface area (Å²) in [5.41, 5.74) is 0.632. The molecule has 0 fully saturated rings. The van der Waals surface area contributed by atoms with Crippen LogP contribution in [-0.4, -0.2) is 54.6 Å². The van der Waals surface area contributed by atoms with Gasteiger partial charge in [0.25, 0.3) is 5.91 Å². The van der Waals surface area contributed by atoms with Gasteiger partial charge in [0.1, 0.15) is 0 Å². The molecule has 0 aliphatic heterocycles. The number of amides is 1. The molecule has 1 heterocycles. The average molecular weight is 377 g/mol. The Labute approximate surface area is 151 Å². The summed E-state index contributed by atoms with van der Waals surface area (Å²) < 4.78 is 25.7. The highest BCUT2D eigenvalue weighted by atomic mass is 32.2. The Hall–Kier alpha value is -2.78. The van der Waals surface area contributed by atoms with Gasteiger partial charge in [-0.05, 0) is 36.9 Å². The summed E-state index contributed by atoms with van der Waals surface area (Å²) in [6.07, 6.45) is 3.13. The molecule has 26 heavy (non-hydrogen) atoms. The molecule has 1 aromatic carbocycles. The Kier molecular flexibility index (Phi) is 6.42. The minimum absolute atomic E-state index is 0.0101. The number of pyridine rings is 1. The van der Waals surface area contributed by atoms with Crippen molar-refractivity contribution >= 4 is 21.9 Å². The molecular weight excluding hydrogens is 358 g/mol. The zero-order valence-electron chi connectivity index (χ0n) is 14.1. The van der Waals surface area contributed by atoms with Gasteiger partial charge in [-0.15, -0.1) is 0 Å². The number of carbonyl (C=O) groups is 2. The second-order valence-corrected chi connectivity index (χ2v) is 7.50. The van der Waals surface area contributed by atoms with Crippen LogP contribution < -0.4 is 4.72 Å². The third kappa shape index (κ3) is 5.11. The van der Waals surface area contributed by atoms with Gasteiger partial charge in [0.05, 0.1) is 16.9 Å². The van der Waals surface area contributed by atoms with E-state index < -0.39 is 21.9 Å². The van der Waals surface area contributed by atoms with Crippen molar-refractivity contribution in [3.8, 4) is 0 Å². The van der Waals surface area contributed by atoms with E-state index in [1.807, 2.05) is 0 Å². The number of rotatable bonds is 8. The molecule has 0 aliphatic carbocycles. The molecular formula is C17H19N3O5S. The lowest BCUT2D eigenvalue weighted by atomic mass is 10.1. The van der Waals surface area contributed by atoms with Gasteiger partial charge < -0.3 is 10.0 Å². The molecule has 0 radical (unpaired) electrons. The predicted molar refractivity (Wildman–Crippen MR) is 95.2 cm³/mol. The van der Waals surface area contributed by atoms with E-state index in [1.165, 1.54) is 30.1 Å². The highest BCUT2D eigenvalue weighted by Gasteiger charge is 2.23. The van der Waals surface area contributed by atoms with Crippen LogP contribution >= 0.6 is 0 Å². The molecule has 1 aromatic heterocycles. The number of carboxylic acid groups (broad SMARTS) is 1. The van der Waals surface area contributed by atoms with Gasteiger partial charge in [0.2, 0.25) is 10.0 Å². The van der Waals surface area contributed by atoms with E-state index in [0.29, 0.717) is 0 Å². The van der Waals surface area contributed by atoms with E-state index in [4.69, 9.17) is 0 Å². The molecule has 0 bridgehead atoms. The minimum atomic E-state index is -3.52. The number of aromatic carboxylic acids is 1. The van der Waals surface area contributed by atoms with Gasteiger partial charge in [-0.3, -0.25) is 9.78 Å². The third-order valence-corrected chi connectivity index (χ3v) is 5.08. The van der Waals surface area contributed by atoms with Crippen LogP contribution in [0.4, 0.5) is 0 Å². The van der Waals surface area contributed by atoms with Gasteiger partial charge in [0.15, 0.2) is 0 Å². The SMILES string of the molecule is CNS(=O)(=O)CCN(Cc1ccncc1)C(=O)c1ccccc1C(=O)O. The topological polar surface area (TPSA) is 117 Å².